The molecule has 0 spiro atoms. The molecular weight excluding hydrogens is 367 g/mol. The fraction of sp³-hybridized carbons (Fsp3) is 0.211. The molecule has 9 heteroatoms. The van der Waals surface area contributed by atoms with E-state index in [0.29, 0.717) is 26.2 Å². The number of nitrogens with zero attached hydrogens (tertiary/aromatic N) is 3. The van der Waals surface area contributed by atoms with Crippen LogP contribution in [0.3, 0.4) is 0 Å². The van der Waals surface area contributed by atoms with Gasteiger partial charge in [0, 0.05) is 31.9 Å². The van der Waals surface area contributed by atoms with Crippen molar-refractivity contribution in [1.29, 1.82) is 0 Å². The van der Waals surface area contributed by atoms with Gasteiger partial charge in [0.25, 0.3) is 11.8 Å². The third-order valence-corrected chi connectivity index (χ3v) is 4.45. The van der Waals surface area contributed by atoms with E-state index in [4.69, 9.17) is 8.83 Å². The van der Waals surface area contributed by atoms with E-state index >= 15 is 0 Å². The van der Waals surface area contributed by atoms with E-state index in [0.717, 1.165) is 5.69 Å². The summed E-state index contributed by atoms with van der Waals surface area (Å²) in [7, 11) is 0. The Morgan fingerprint density at radius 1 is 1.04 bits per heavy atom. The van der Waals surface area contributed by atoms with Crippen molar-refractivity contribution in [2.75, 3.05) is 36.4 Å². The SMILES string of the molecule is O=C(Nc1nc(C(=O)N2CCN(c3ccc(F)cc3)CC2)co1)c1ccco1. The highest BCUT2D eigenvalue weighted by atomic mass is 19.1. The van der Waals surface area contributed by atoms with Crippen molar-refractivity contribution in [2.24, 2.45) is 0 Å². The van der Waals surface area contributed by atoms with Crippen LogP contribution >= 0.6 is 0 Å². The van der Waals surface area contributed by atoms with Crippen LogP contribution in [-0.4, -0.2) is 47.9 Å². The van der Waals surface area contributed by atoms with Gasteiger partial charge in [-0.05, 0) is 36.4 Å². The lowest BCUT2D eigenvalue weighted by atomic mass is 10.2. The van der Waals surface area contributed by atoms with Crippen LogP contribution in [0.2, 0.25) is 0 Å². The summed E-state index contributed by atoms with van der Waals surface area (Å²) in [4.78, 5) is 32.3. The normalized spacial score (nSPS) is 14.2. The standard InChI is InChI=1S/C19H17FN4O4/c20-13-3-5-14(6-4-13)23-7-9-24(10-8-23)18(26)15-12-28-19(21-15)22-17(25)16-2-1-11-27-16/h1-6,11-12H,7-10H2,(H,21,22,25). The van der Waals surface area contributed by atoms with Gasteiger partial charge in [0.05, 0.1) is 6.26 Å². The molecule has 28 heavy (non-hydrogen) atoms. The Balaban J connectivity index is 1.35. The van der Waals surface area contributed by atoms with E-state index in [1.807, 2.05) is 0 Å². The van der Waals surface area contributed by atoms with E-state index in [1.165, 1.54) is 30.7 Å². The Morgan fingerprint density at radius 3 is 2.46 bits per heavy atom. The van der Waals surface area contributed by atoms with Crippen molar-refractivity contribution in [3.63, 3.8) is 0 Å². The maximum absolute atomic E-state index is 13.1. The van der Waals surface area contributed by atoms with E-state index in [-0.39, 0.29) is 29.2 Å². The first-order chi connectivity index (χ1) is 13.6. The molecule has 1 fully saturated rings. The Bertz CT molecular complexity index is 960. The van der Waals surface area contributed by atoms with Crippen LogP contribution in [0.1, 0.15) is 21.0 Å². The minimum atomic E-state index is -0.515. The molecule has 0 aliphatic carbocycles. The highest BCUT2D eigenvalue weighted by Gasteiger charge is 2.25. The van der Waals surface area contributed by atoms with Crippen LogP contribution in [0.25, 0.3) is 0 Å². The summed E-state index contributed by atoms with van der Waals surface area (Å²) < 4.78 is 23.2. The molecule has 1 aliphatic rings. The molecule has 1 N–H and O–H groups in total. The van der Waals surface area contributed by atoms with Gasteiger partial charge in [-0.1, -0.05) is 0 Å². The molecule has 4 rings (SSSR count). The molecule has 8 nitrogen and oxygen atoms in total. The number of benzene rings is 1. The van der Waals surface area contributed by atoms with Crippen LogP contribution in [0.15, 0.2) is 57.8 Å². The zero-order chi connectivity index (χ0) is 19.5. The van der Waals surface area contributed by atoms with Crippen LogP contribution in [0, 0.1) is 5.82 Å². The number of anilines is 2. The summed E-state index contributed by atoms with van der Waals surface area (Å²) in [6.45, 7) is 2.24. The van der Waals surface area contributed by atoms with Crippen LogP contribution in [0.4, 0.5) is 16.1 Å². The molecule has 1 saturated heterocycles. The molecule has 2 aromatic heterocycles. The van der Waals surface area contributed by atoms with Gasteiger partial charge in [-0.3, -0.25) is 14.9 Å². The molecule has 1 aliphatic heterocycles. The molecule has 3 aromatic rings. The van der Waals surface area contributed by atoms with Gasteiger partial charge in [0.15, 0.2) is 11.5 Å². The average Bonchev–Trinajstić information content (AvgIpc) is 3.40. The van der Waals surface area contributed by atoms with Gasteiger partial charge < -0.3 is 18.6 Å². The van der Waals surface area contributed by atoms with Gasteiger partial charge in [0.2, 0.25) is 0 Å². The fourth-order valence-corrected chi connectivity index (χ4v) is 2.98. The predicted molar refractivity (Wildman–Crippen MR) is 97.7 cm³/mol. The maximum Gasteiger partial charge on any atom is 0.302 e. The fourth-order valence-electron chi connectivity index (χ4n) is 2.98. The topological polar surface area (TPSA) is 91.8 Å². The van der Waals surface area contributed by atoms with E-state index < -0.39 is 5.91 Å². The smallest absolute Gasteiger partial charge is 0.302 e. The van der Waals surface area contributed by atoms with Crippen LogP contribution < -0.4 is 10.2 Å². The quantitative estimate of drug-likeness (QED) is 0.744. The molecule has 0 unspecified atom stereocenters. The van der Waals surface area contributed by atoms with Crippen molar-refractivity contribution < 1.29 is 22.8 Å². The summed E-state index contributed by atoms with van der Waals surface area (Å²) in [6, 6.07) is 9.30. The zero-order valence-electron chi connectivity index (χ0n) is 14.8. The van der Waals surface area contributed by atoms with Crippen LogP contribution in [0.5, 0.6) is 0 Å². The highest BCUT2D eigenvalue weighted by Crippen LogP contribution is 2.18. The Labute approximate surface area is 159 Å². The number of piperazine rings is 1. The van der Waals surface area contributed by atoms with Crippen molar-refractivity contribution in [3.8, 4) is 0 Å². The van der Waals surface area contributed by atoms with Crippen molar-refractivity contribution in [2.45, 2.75) is 0 Å². The van der Waals surface area contributed by atoms with E-state index in [1.54, 1.807) is 23.1 Å². The molecule has 144 valence electrons. The van der Waals surface area contributed by atoms with Gasteiger partial charge in [-0.15, -0.1) is 0 Å². The molecule has 2 amide bonds. The maximum atomic E-state index is 13.1. The number of amides is 2. The molecule has 3 heterocycles. The number of hydrogen-bond acceptors (Lipinski definition) is 6. The number of nitrogens with one attached hydrogen (secondary N) is 1. The molecule has 0 bridgehead atoms. The monoisotopic (exact) mass is 384 g/mol. The van der Waals surface area contributed by atoms with Gasteiger partial charge >= 0.3 is 6.01 Å². The van der Waals surface area contributed by atoms with E-state index in [2.05, 4.69) is 15.2 Å². The van der Waals surface area contributed by atoms with Crippen molar-refractivity contribution in [3.05, 3.63) is 66.2 Å². The number of oxazole rings is 1. The first-order valence-corrected chi connectivity index (χ1v) is 8.70. The van der Waals surface area contributed by atoms with Crippen molar-refractivity contribution >= 4 is 23.5 Å². The number of halogens is 1. The van der Waals surface area contributed by atoms with Gasteiger partial charge in [-0.25, -0.2) is 4.39 Å². The summed E-state index contributed by atoms with van der Waals surface area (Å²) >= 11 is 0. The van der Waals surface area contributed by atoms with E-state index in [9.17, 15) is 14.0 Å². The zero-order valence-corrected chi connectivity index (χ0v) is 14.8. The third-order valence-electron chi connectivity index (χ3n) is 4.45. The minimum absolute atomic E-state index is 0.0744. The Kier molecular flexibility index (Phi) is 4.79. The molecule has 0 atom stereocenters. The largest absolute Gasteiger partial charge is 0.459 e. The number of hydrogen-bond donors (Lipinski definition) is 1. The number of aromatic nitrogens is 1. The van der Waals surface area contributed by atoms with Gasteiger partial charge in [0.1, 0.15) is 12.1 Å². The number of carbonyl (C=O) groups is 2. The summed E-state index contributed by atoms with van der Waals surface area (Å²) in [5.74, 6) is -0.957. The molecule has 0 radical (unpaired) electrons. The predicted octanol–water partition coefficient (Wildman–Crippen LogP) is 2.62. The number of furan rings is 1. The molecule has 1 aromatic carbocycles. The average molecular weight is 384 g/mol. The van der Waals surface area contributed by atoms with Crippen molar-refractivity contribution in [1.82, 2.24) is 9.88 Å². The highest BCUT2D eigenvalue weighted by molar-refractivity contribution is 6.01. The number of carbonyl (C=O) groups excluding carboxylic acids is 2. The minimum Gasteiger partial charge on any atom is -0.459 e. The molecule has 0 saturated carbocycles. The lowest BCUT2D eigenvalue weighted by Gasteiger charge is -2.35. The summed E-state index contributed by atoms with van der Waals surface area (Å²) in [5, 5.41) is 2.44. The third kappa shape index (κ3) is 3.73. The second-order valence-corrected chi connectivity index (χ2v) is 6.22. The lowest BCUT2D eigenvalue weighted by Crippen LogP contribution is -2.48. The number of rotatable bonds is 4. The Morgan fingerprint density at radius 2 is 1.79 bits per heavy atom. The summed E-state index contributed by atoms with van der Waals surface area (Å²) in [6.07, 6.45) is 2.59. The Hall–Kier alpha value is -3.62. The molecular formula is C19H17FN4O4. The second-order valence-electron chi connectivity index (χ2n) is 6.22. The first kappa shape index (κ1) is 17.8. The first-order valence-electron chi connectivity index (χ1n) is 8.70. The summed E-state index contributed by atoms with van der Waals surface area (Å²) in [5.41, 5.74) is 1.03. The van der Waals surface area contributed by atoms with Crippen LogP contribution in [-0.2, 0) is 0 Å². The lowest BCUT2D eigenvalue weighted by molar-refractivity contribution is 0.0740. The second kappa shape index (κ2) is 7.55. The van der Waals surface area contributed by atoms with Gasteiger partial charge in [-0.2, -0.15) is 4.98 Å².